The van der Waals surface area contributed by atoms with Crippen LogP contribution in [0.1, 0.15) is 50.0 Å². The molecule has 8 nitrogen and oxygen atoms in total. The average molecular weight is 418 g/mol. The van der Waals surface area contributed by atoms with Gasteiger partial charge in [0.15, 0.2) is 0 Å². The molecule has 30 heavy (non-hydrogen) atoms. The minimum Gasteiger partial charge on any atom is -0.487 e. The number of nitrogens with zero attached hydrogens (tertiary/aromatic N) is 1. The molecule has 0 aromatic heterocycles. The maximum absolute atomic E-state index is 12.3. The molecule has 1 aromatic carbocycles. The molecule has 1 saturated heterocycles. The van der Waals surface area contributed by atoms with E-state index in [1.54, 1.807) is 19.0 Å². The van der Waals surface area contributed by atoms with Gasteiger partial charge in [-0.2, -0.15) is 0 Å². The average Bonchev–Trinajstić information content (AvgIpc) is 3.34. The lowest BCUT2D eigenvalue weighted by Gasteiger charge is -2.37. The number of aliphatic hydroxyl groups excluding tert-OH is 1. The number of fused-ring (bicyclic) bond motifs is 3. The zero-order valence-corrected chi connectivity index (χ0v) is 17.6. The fraction of sp³-hybridized carbons (Fsp3) is 0.636. The molecule has 4 atom stereocenters. The van der Waals surface area contributed by atoms with E-state index in [1.807, 2.05) is 18.2 Å². The molecular weight excluding hydrogens is 386 g/mol. The molecule has 0 unspecified atom stereocenters. The molecule has 0 spiro atoms. The van der Waals surface area contributed by atoms with Gasteiger partial charge in [0.25, 0.3) is 0 Å². The predicted molar refractivity (Wildman–Crippen MR) is 112 cm³/mol. The zero-order chi connectivity index (χ0) is 21.3. The van der Waals surface area contributed by atoms with E-state index in [2.05, 4.69) is 10.6 Å². The number of hydrogen-bond acceptors (Lipinski definition) is 5. The highest BCUT2D eigenvalue weighted by Crippen LogP contribution is 2.47. The number of amides is 3. The number of carbonyl (C=O) groups is 2. The molecule has 8 heteroatoms. The van der Waals surface area contributed by atoms with Gasteiger partial charge in [-0.3, -0.25) is 4.79 Å². The van der Waals surface area contributed by atoms with Crippen LogP contribution in [0.2, 0.25) is 0 Å². The molecule has 2 aliphatic heterocycles. The van der Waals surface area contributed by atoms with Crippen LogP contribution >= 0.6 is 0 Å². The van der Waals surface area contributed by atoms with Gasteiger partial charge in [-0.05, 0) is 37.5 Å². The smallest absolute Gasteiger partial charge is 0.319 e. The van der Waals surface area contributed by atoms with Gasteiger partial charge in [-0.1, -0.05) is 12.8 Å². The molecule has 1 aromatic rings. The van der Waals surface area contributed by atoms with Gasteiger partial charge in [0.2, 0.25) is 5.91 Å². The van der Waals surface area contributed by atoms with E-state index in [1.165, 1.54) is 0 Å². The van der Waals surface area contributed by atoms with Crippen molar-refractivity contribution in [3.63, 3.8) is 0 Å². The monoisotopic (exact) mass is 417 g/mol. The number of ether oxygens (including phenoxy) is 2. The van der Waals surface area contributed by atoms with E-state index >= 15 is 0 Å². The van der Waals surface area contributed by atoms with Gasteiger partial charge in [0.1, 0.15) is 18.0 Å². The number of hydrogen-bond donors (Lipinski definition) is 3. The first-order valence-electron chi connectivity index (χ1n) is 10.8. The fourth-order valence-corrected chi connectivity index (χ4v) is 4.77. The summed E-state index contributed by atoms with van der Waals surface area (Å²) in [5.41, 5.74) is 1.70. The van der Waals surface area contributed by atoms with Crippen molar-refractivity contribution in [1.29, 1.82) is 0 Å². The molecule has 3 amide bonds. The van der Waals surface area contributed by atoms with Gasteiger partial charge in [-0.25, -0.2) is 4.79 Å². The standard InChI is InChI=1S/C22H31N3O5/c1-25(2)20(27)11-15-10-17-16-9-14(24-22(28)23-13-5-3-4-6-13)7-8-18(16)30-21(17)19(12-26)29-15/h7-9,13,15,17,19,21,26H,3-6,10-12H2,1-2H3,(H2,23,24,28)/t15-,17+,19+,21-/m1/s1. The largest absolute Gasteiger partial charge is 0.487 e. The molecule has 1 saturated carbocycles. The van der Waals surface area contributed by atoms with Crippen LogP contribution in [-0.2, 0) is 9.53 Å². The summed E-state index contributed by atoms with van der Waals surface area (Å²) in [6.45, 7) is -0.170. The SMILES string of the molecule is CN(C)C(=O)C[C@H]1C[C@H]2c3cc(NC(=O)NC4CCCC4)ccc3O[C@H]2[C@H](CO)O1. The summed E-state index contributed by atoms with van der Waals surface area (Å²) in [5.74, 6) is 0.743. The van der Waals surface area contributed by atoms with E-state index < -0.39 is 6.10 Å². The van der Waals surface area contributed by atoms with E-state index in [-0.39, 0.29) is 49.1 Å². The van der Waals surface area contributed by atoms with E-state index in [4.69, 9.17) is 9.47 Å². The number of aliphatic hydroxyl groups is 1. The highest BCUT2D eigenvalue weighted by atomic mass is 16.6. The van der Waals surface area contributed by atoms with Gasteiger partial charge in [0, 0.05) is 37.3 Å². The molecule has 164 valence electrons. The molecule has 0 radical (unpaired) electrons. The minimum absolute atomic E-state index is 0.00510. The van der Waals surface area contributed by atoms with Gasteiger partial charge >= 0.3 is 6.03 Å². The number of carbonyl (C=O) groups excluding carboxylic acids is 2. The van der Waals surface area contributed by atoms with Crippen LogP contribution in [0.15, 0.2) is 18.2 Å². The summed E-state index contributed by atoms with van der Waals surface area (Å²) in [4.78, 5) is 26.0. The molecule has 3 aliphatic rings. The Balaban J connectivity index is 1.47. The normalized spacial score (nSPS) is 27.7. The summed E-state index contributed by atoms with van der Waals surface area (Å²) < 4.78 is 12.0. The quantitative estimate of drug-likeness (QED) is 0.682. The Morgan fingerprint density at radius 3 is 2.70 bits per heavy atom. The first kappa shape index (κ1) is 20.9. The van der Waals surface area contributed by atoms with Gasteiger partial charge < -0.3 is 30.1 Å². The Morgan fingerprint density at radius 2 is 2.00 bits per heavy atom. The molecule has 1 aliphatic carbocycles. The maximum atomic E-state index is 12.3. The number of benzene rings is 1. The highest BCUT2D eigenvalue weighted by molar-refractivity contribution is 5.89. The molecule has 4 rings (SSSR count). The Morgan fingerprint density at radius 1 is 1.23 bits per heavy atom. The maximum Gasteiger partial charge on any atom is 0.319 e. The van der Waals surface area contributed by atoms with Crippen molar-refractivity contribution in [3.8, 4) is 5.75 Å². The first-order valence-corrected chi connectivity index (χ1v) is 10.8. The summed E-state index contributed by atoms with van der Waals surface area (Å²) in [6, 6.07) is 5.69. The second-order valence-corrected chi connectivity index (χ2v) is 8.73. The number of anilines is 1. The van der Waals surface area contributed by atoms with Crippen molar-refractivity contribution in [3.05, 3.63) is 23.8 Å². The van der Waals surface area contributed by atoms with Gasteiger partial charge in [-0.15, -0.1) is 0 Å². The molecule has 0 bridgehead atoms. The Hall–Kier alpha value is -2.32. The van der Waals surface area contributed by atoms with Crippen molar-refractivity contribution in [1.82, 2.24) is 10.2 Å². The van der Waals surface area contributed by atoms with Crippen LogP contribution < -0.4 is 15.4 Å². The third-order valence-corrected chi connectivity index (χ3v) is 6.35. The molecular formula is C22H31N3O5. The van der Waals surface area contributed by atoms with Crippen LogP contribution in [0.4, 0.5) is 10.5 Å². The lowest BCUT2D eigenvalue weighted by Crippen LogP contribution is -2.47. The summed E-state index contributed by atoms with van der Waals surface area (Å²) in [6.07, 6.45) is 4.22. The zero-order valence-electron chi connectivity index (χ0n) is 17.6. The van der Waals surface area contributed by atoms with Crippen molar-refractivity contribution in [2.24, 2.45) is 0 Å². The Kier molecular flexibility index (Phi) is 6.15. The van der Waals surface area contributed by atoms with E-state index in [0.717, 1.165) is 37.0 Å². The highest BCUT2D eigenvalue weighted by Gasteiger charge is 2.46. The summed E-state index contributed by atoms with van der Waals surface area (Å²) in [7, 11) is 3.44. The lowest BCUT2D eigenvalue weighted by molar-refractivity contribution is -0.147. The summed E-state index contributed by atoms with van der Waals surface area (Å²) >= 11 is 0. The van der Waals surface area contributed by atoms with Crippen molar-refractivity contribution in [2.45, 2.75) is 68.8 Å². The van der Waals surface area contributed by atoms with Crippen LogP contribution in [0.3, 0.4) is 0 Å². The second-order valence-electron chi connectivity index (χ2n) is 8.73. The van der Waals surface area contributed by atoms with Crippen LogP contribution in [0, 0.1) is 0 Å². The Bertz CT molecular complexity index is 793. The number of nitrogens with one attached hydrogen (secondary N) is 2. The number of rotatable bonds is 5. The molecule has 2 heterocycles. The third kappa shape index (κ3) is 4.39. The lowest BCUT2D eigenvalue weighted by atomic mass is 9.84. The first-order chi connectivity index (χ1) is 14.4. The van der Waals surface area contributed by atoms with Crippen molar-refractivity contribution >= 4 is 17.6 Å². The minimum atomic E-state index is -0.488. The fourth-order valence-electron chi connectivity index (χ4n) is 4.77. The third-order valence-electron chi connectivity index (χ3n) is 6.35. The molecule has 2 fully saturated rings. The number of urea groups is 1. The van der Waals surface area contributed by atoms with Gasteiger partial charge in [0.05, 0.1) is 19.1 Å². The Labute approximate surface area is 176 Å². The van der Waals surface area contributed by atoms with Crippen molar-refractivity contribution in [2.75, 3.05) is 26.0 Å². The van der Waals surface area contributed by atoms with Crippen LogP contribution in [-0.4, -0.2) is 67.0 Å². The topological polar surface area (TPSA) is 100 Å². The predicted octanol–water partition coefficient (Wildman–Crippen LogP) is 2.22. The molecule has 3 N–H and O–H groups in total. The van der Waals surface area contributed by atoms with E-state index in [9.17, 15) is 14.7 Å². The van der Waals surface area contributed by atoms with Crippen molar-refractivity contribution < 1.29 is 24.2 Å². The van der Waals surface area contributed by atoms with E-state index in [0.29, 0.717) is 12.1 Å². The van der Waals surface area contributed by atoms with Crippen LogP contribution in [0.5, 0.6) is 5.75 Å². The van der Waals surface area contributed by atoms with Crippen LogP contribution in [0.25, 0.3) is 0 Å². The summed E-state index contributed by atoms with van der Waals surface area (Å²) in [5, 5.41) is 15.8. The second kappa shape index (κ2) is 8.81.